The molecule has 1 aliphatic heterocycles. The van der Waals surface area contributed by atoms with Crippen LogP contribution in [0, 0.1) is 0 Å². The number of hydrogen-bond acceptors (Lipinski definition) is 2. The van der Waals surface area contributed by atoms with Crippen molar-refractivity contribution in [2.75, 3.05) is 11.5 Å². The molecule has 3 aromatic carbocycles. The molecule has 0 saturated carbocycles. The summed E-state index contributed by atoms with van der Waals surface area (Å²) in [4.78, 5) is 1.36. The van der Waals surface area contributed by atoms with Gasteiger partial charge in [-0.1, -0.05) is 30.3 Å². The first kappa shape index (κ1) is 9.37. The van der Waals surface area contributed by atoms with Crippen molar-refractivity contribution in [3.63, 3.8) is 0 Å². The molecule has 17 heavy (non-hydrogen) atoms. The quantitative estimate of drug-likeness (QED) is 0.608. The lowest BCUT2D eigenvalue weighted by Crippen LogP contribution is -2.13. The van der Waals surface area contributed by atoms with Crippen molar-refractivity contribution < 1.29 is 0 Å². The SMILES string of the molecule is Nc1cc2cccc3ccc4c(c1=CCS4)c32. The van der Waals surface area contributed by atoms with E-state index in [1.807, 2.05) is 11.8 Å². The molecule has 0 amide bonds. The van der Waals surface area contributed by atoms with Gasteiger partial charge in [-0.2, -0.15) is 0 Å². The topological polar surface area (TPSA) is 26.0 Å². The van der Waals surface area contributed by atoms with E-state index in [0.717, 1.165) is 11.4 Å². The Morgan fingerprint density at radius 1 is 1.00 bits per heavy atom. The highest BCUT2D eigenvalue weighted by Crippen LogP contribution is 2.35. The molecule has 0 unspecified atom stereocenters. The average Bonchev–Trinajstić information content (AvgIpc) is 2.37. The van der Waals surface area contributed by atoms with Crippen LogP contribution in [0.5, 0.6) is 0 Å². The van der Waals surface area contributed by atoms with Crippen LogP contribution in [0.2, 0.25) is 0 Å². The summed E-state index contributed by atoms with van der Waals surface area (Å²) >= 11 is 1.89. The van der Waals surface area contributed by atoms with E-state index >= 15 is 0 Å². The number of thioether (sulfide) groups is 1. The van der Waals surface area contributed by atoms with Gasteiger partial charge in [-0.25, -0.2) is 0 Å². The first-order valence-electron chi connectivity index (χ1n) is 5.71. The summed E-state index contributed by atoms with van der Waals surface area (Å²) in [5, 5.41) is 6.48. The van der Waals surface area contributed by atoms with E-state index in [2.05, 4.69) is 42.5 Å². The molecule has 0 aromatic heterocycles. The Labute approximate surface area is 103 Å². The van der Waals surface area contributed by atoms with Gasteiger partial charge in [0.2, 0.25) is 0 Å². The minimum atomic E-state index is 0.901. The van der Waals surface area contributed by atoms with Gasteiger partial charge in [-0.05, 0) is 28.3 Å². The van der Waals surface area contributed by atoms with Gasteiger partial charge >= 0.3 is 0 Å². The molecule has 0 radical (unpaired) electrons. The van der Waals surface area contributed by atoms with Crippen LogP contribution < -0.4 is 11.0 Å². The summed E-state index contributed by atoms with van der Waals surface area (Å²) in [5.41, 5.74) is 7.07. The lowest BCUT2D eigenvalue weighted by molar-refractivity contribution is 1.51. The maximum atomic E-state index is 6.17. The largest absolute Gasteiger partial charge is 0.398 e. The summed E-state index contributed by atoms with van der Waals surface area (Å²) in [6.45, 7) is 0. The molecule has 1 aliphatic rings. The lowest BCUT2D eigenvalue weighted by atomic mass is 9.98. The molecular formula is C15H11NS. The first-order valence-corrected chi connectivity index (χ1v) is 6.70. The van der Waals surface area contributed by atoms with Crippen LogP contribution >= 0.6 is 11.8 Å². The van der Waals surface area contributed by atoms with Crippen LogP contribution in [0.4, 0.5) is 5.69 Å². The Morgan fingerprint density at radius 2 is 1.88 bits per heavy atom. The van der Waals surface area contributed by atoms with Gasteiger partial charge < -0.3 is 5.73 Å². The number of benzene rings is 3. The summed E-state index contributed by atoms with van der Waals surface area (Å²) in [6, 6.07) is 12.9. The Bertz CT molecular complexity index is 805. The fourth-order valence-electron chi connectivity index (χ4n) is 2.72. The second kappa shape index (κ2) is 3.17. The third-order valence-corrected chi connectivity index (χ3v) is 4.44. The highest BCUT2D eigenvalue weighted by molar-refractivity contribution is 8.00. The Hall–Kier alpha value is -1.67. The van der Waals surface area contributed by atoms with E-state index in [0.29, 0.717) is 0 Å². The van der Waals surface area contributed by atoms with Crippen LogP contribution in [-0.2, 0) is 0 Å². The maximum absolute atomic E-state index is 6.17. The fraction of sp³-hybridized carbons (Fsp3) is 0.0667. The van der Waals surface area contributed by atoms with Gasteiger partial charge in [0, 0.05) is 26.9 Å². The van der Waals surface area contributed by atoms with Gasteiger partial charge in [0.25, 0.3) is 0 Å². The lowest BCUT2D eigenvalue weighted by Gasteiger charge is -2.15. The maximum Gasteiger partial charge on any atom is 0.0397 e. The zero-order valence-corrected chi connectivity index (χ0v) is 10.1. The molecule has 0 aliphatic carbocycles. The van der Waals surface area contributed by atoms with Gasteiger partial charge in [-0.15, -0.1) is 11.8 Å². The molecule has 4 rings (SSSR count). The number of nitrogens with two attached hydrogens (primary N) is 1. The molecule has 0 fully saturated rings. The van der Waals surface area contributed by atoms with E-state index in [1.54, 1.807) is 0 Å². The number of rotatable bonds is 0. The Kier molecular flexibility index (Phi) is 1.75. The van der Waals surface area contributed by atoms with Crippen LogP contribution in [0.25, 0.3) is 27.6 Å². The Balaban J connectivity index is 2.45. The van der Waals surface area contributed by atoms with Crippen molar-refractivity contribution in [1.82, 2.24) is 0 Å². The number of anilines is 1. The monoisotopic (exact) mass is 237 g/mol. The van der Waals surface area contributed by atoms with Crippen molar-refractivity contribution in [3.8, 4) is 0 Å². The third-order valence-electron chi connectivity index (χ3n) is 3.46. The molecule has 0 atom stereocenters. The number of nitrogen functional groups attached to an aromatic ring is 1. The normalized spacial score (nSPS) is 14.1. The molecule has 0 saturated heterocycles. The fourth-order valence-corrected chi connectivity index (χ4v) is 3.67. The highest BCUT2D eigenvalue weighted by Gasteiger charge is 2.12. The van der Waals surface area contributed by atoms with Gasteiger partial charge in [0.05, 0.1) is 0 Å². The average molecular weight is 237 g/mol. The van der Waals surface area contributed by atoms with E-state index in [1.165, 1.54) is 31.7 Å². The van der Waals surface area contributed by atoms with Gasteiger partial charge in [-0.3, -0.25) is 0 Å². The summed E-state index contributed by atoms with van der Waals surface area (Å²) in [6.07, 6.45) is 2.24. The standard InChI is InChI=1S/C15H11NS/c16-12-8-10-3-1-2-9-4-5-13-15(14(9)10)11(12)6-7-17-13/h1-6,8H,7,16H2. The van der Waals surface area contributed by atoms with Crippen molar-refractivity contribution in [1.29, 1.82) is 0 Å². The molecular weight excluding hydrogens is 226 g/mol. The van der Waals surface area contributed by atoms with Crippen LogP contribution in [0.15, 0.2) is 41.3 Å². The first-order chi connectivity index (χ1) is 8.34. The molecule has 3 aromatic rings. The van der Waals surface area contributed by atoms with Crippen LogP contribution in [0.1, 0.15) is 0 Å². The third kappa shape index (κ3) is 1.16. The van der Waals surface area contributed by atoms with Crippen LogP contribution in [-0.4, -0.2) is 5.75 Å². The predicted molar refractivity (Wildman–Crippen MR) is 76.3 cm³/mol. The zero-order valence-electron chi connectivity index (χ0n) is 9.23. The molecule has 1 nitrogen and oxygen atoms in total. The summed E-state index contributed by atoms with van der Waals surface area (Å²) in [5.74, 6) is 1.02. The van der Waals surface area contributed by atoms with E-state index in [9.17, 15) is 0 Å². The molecule has 0 spiro atoms. The van der Waals surface area contributed by atoms with Crippen molar-refractivity contribution in [3.05, 3.63) is 41.6 Å². The molecule has 0 bridgehead atoms. The van der Waals surface area contributed by atoms with Crippen molar-refractivity contribution >= 4 is 45.1 Å². The summed E-state index contributed by atoms with van der Waals surface area (Å²) in [7, 11) is 0. The smallest absolute Gasteiger partial charge is 0.0397 e. The molecule has 82 valence electrons. The summed E-state index contributed by atoms with van der Waals surface area (Å²) < 4.78 is 0. The minimum absolute atomic E-state index is 0.901. The molecule has 2 N–H and O–H groups in total. The molecule has 2 heteroatoms. The Morgan fingerprint density at radius 3 is 2.82 bits per heavy atom. The number of hydrogen-bond donors (Lipinski definition) is 1. The zero-order chi connectivity index (χ0) is 11.4. The minimum Gasteiger partial charge on any atom is -0.398 e. The van der Waals surface area contributed by atoms with Gasteiger partial charge in [0.1, 0.15) is 0 Å². The van der Waals surface area contributed by atoms with Crippen molar-refractivity contribution in [2.45, 2.75) is 4.90 Å². The van der Waals surface area contributed by atoms with E-state index in [4.69, 9.17) is 5.73 Å². The second-order valence-electron chi connectivity index (χ2n) is 4.41. The second-order valence-corrected chi connectivity index (χ2v) is 5.47. The molecule has 1 heterocycles. The van der Waals surface area contributed by atoms with E-state index < -0.39 is 0 Å². The van der Waals surface area contributed by atoms with Gasteiger partial charge in [0.15, 0.2) is 0 Å². The van der Waals surface area contributed by atoms with E-state index in [-0.39, 0.29) is 0 Å². The predicted octanol–water partition coefficient (Wildman–Crippen LogP) is 3.18. The van der Waals surface area contributed by atoms with Crippen molar-refractivity contribution in [2.24, 2.45) is 0 Å². The highest BCUT2D eigenvalue weighted by atomic mass is 32.2. The van der Waals surface area contributed by atoms with Crippen LogP contribution in [0.3, 0.4) is 0 Å².